The highest BCUT2D eigenvalue weighted by Gasteiger charge is 2.30. The zero-order valence-electron chi connectivity index (χ0n) is 8.74. The molecule has 0 radical (unpaired) electrons. The van der Waals surface area contributed by atoms with Crippen molar-refractivity contribution >= 4 is 5.78 Å². The number of halogens is 1. The number of nitrogens with zero attached hydrogens (tertiary/aromatic N) is 1. The lowest BCUT2D eigenvalue weighted by Crippen LogP contribution is -2.17. The van der Waals surface area contributed by atoms with E-state index in [4.69, 9.17) is 0 Å². The molecule has 15 heavy (non-hydrogen) atoms. The Morgan fingerprint density at radius 1 is 1.47 bits per heavy atom. The average molecular weight is 207 g/mol. The minimum Gasteiger partial charge on any atom is -0.294 e. The molecule has 0 spiro atoms. The molecule has 1 aromatic rings. The summed E-state index contributed by atoms with van der Waals surface area (Å²) in [7, 11) is 0. The van der Waals surface area contributed by atoms with E-state index in [0.717, 1.165) is 25.5 Å². The number of carbonyl (C=O) groups is 1. The summed E-state index contributed by atoms with van der Waals surface area (Å²) in [5.74, 6) is 0.0906. The van der Waals surface area contributed by atoms with Gasteiger partial charge in [-0.3, -0.25) is 9.78 Å². The van der Waals surface area contributed by atoms with Gasteiger partial charge in [-0.2, -0.15) is 0 Å². The van der Waals surface area contributed by atoms with Crippen LogP contribution in [0.4, 0.5) is 4.39 Å². The summed E-state index contributed by atoms with van der Waals surface area (Å²) in [6.07, 6.45) is 5.70. The molecule has 0 aliphatic heterocycles. The lowest BCUT2D eigenvalue weighted by Gasteiger charge is -2.13. The minimum absolute atomic E-state index is 0.0481. The van der Waals surface area contributed by atoms with Gasteiger partial charge in [0, 0.05) is 17.7 Å². The molecular weight excluding hydrogens is 193 g/mol. The first kappa shape index (κ1) is 10.3. The lowest BCUT2D eigenvalue weighted by atomic mass is 9.90. The standard InChI is InChI=1S/C12H14FNO/c1-8-3-2-4-11(8)12(15)9-5-10(13)7-14-6-9/h5-8,11H,2-4H2,1H3. The van der Waals surface area contributed by atoms with Crippen molar-refractivity contribution in [1.29, 1.82) is 0 Å². The van der Waals surface area contributed by atoms with Gasteiger partial charge in [-0.15, -0.1) is 0 Å². The van der Waals surface area contributed by atoms with Crippen LogP contribution in [0, 0.1) is 17.7 Å². The highest BCUT2D eigenvalue weighted by Crippen LogP contribution is 2.33. The van der Waals surface area contributed by atoms with E-state index in [1.807, 2.05) is 0 Å². The van der Waals surface area contributed by atoms with Crippen molar-refractivity contribution in [2.45, 2.75) is 26.2 Å². The fourth-order valence-corrected chi connectivity index (χ4v) is 2.30. The van der Waals surface area contributed by atoms with Crippen LogP contribution in [0.3, 0.4) is 0 Å². The summed E-state index contributed by atoms with van der Waals surface area (Å²) in [5, 5.41) is 0. The topological polar surface area (TPSA) is 30.0 Å². The molecule has 2 rings (SSSR count). The van der Waals surface area contributed by atoms with E-state index in [0.29, 0.717) is 11.5 Å². The first-order valence-electron chi connectivity index (χ1n) is 5.33. The number of hydrogen-bond acceptors (Lipinski definition) is 2. The molecule has 0 aromatic carbocycles. The third-order valence-electron chi connectivity index (χ3n) is 3.19. The van der Waals surface area contributed by atoms with Gasteiger partial charge in [-0.25, -0.2) is 4.39 Å². The second kappa shape index (κ2) is 4.09. The number of carbonyl (C=O) groups excluding carboxylic acids is 1. The van der Waals surface area contributed by atoms with Crippen LogP contribution in [-0.2, 0) is 0 Å². The molecule has 1 saturated carbocycles. The fraction of sp³-hybridized carbons (Fsp3) is 0.500. The van der Waals surface area contributed by atoms with Crippen molar-refractivity contribution in [3.05, 3.63) is 29.8 Å². The zero-order valence-corrected chi connectivity index (χ0v) is 8.74. The molecule has 1 heterocycles. The van der Waals surface area contributed by atoms with E-state index in [1.165, 1.54) is 12.3 Å². The molecule has 1 fully saturated rings. The largest absolute Gasteiger partial charge is 0.294 e. The van der Waals surface area contributed by atoms with Crippen LogP contribution in [0.5, 0.6) is 0 Å². The Bertz CT molecular complexity index is 378. The van der Waals surface area contributed by atoms with E-state index < -0.39 is 5.82 Å². The maximum atomic E-state index is 12.9. The normalized spacial score (nSPS) is 25.5. The van der Waals surface area contributed by atoms with Crippen LogP contribution in [-0.4, -0.2) is 10.8 Å². The van der Waals surface area contributed by atoms with Crippen molar-refractivity contribution in [2.24, 2.45) is 11.8 Å². The summed E-state index contributed by atoms with van der Waals surface area (Å²) in [6, 6.07) is 1.28. The Morgan fingerprint density at radius 2 is 2.27 bits per heavy atom. The predicted molar refractivity (Wildman–Crippen MR) is 55.0 cm³/mol. The Kier molecular flexibility index (Phi) is 2.80. The van der Waals surface area contributed by atoms with Crippen LogP contribution in [0.2, 0.25) is 0 Å². The van der Waals surface area contributed by atoms with Crippen molar-refractivity contribution in [3.63, 3.8) is 0 Å². The van der Waals surface area contributed by atoms with Gasteiger partial charge in [0.2, 0.25) is 0 Å². The summed E-state index contributed by atoms with van der Waals surface area (Å²) < 4.78 is 12.9. The Hall–Kier alpha value is -1.25. The molecule has 1 aromatic heterocycles. The van der Waals surface area contributed by atoms with E-state index in [9.17, 15) is 9.18 Å². The molecule has 2 atom stereocenters. The first-order chi connectivity index (χ1) is 7.18. The van der Waals surface area contributed by atoms with Gasteiger partial charge in [0.15, 0.2) is 5.78 Å². The van der Waals surface area contributed by atoms with E-state index >= 15 is 0 Å². The number of ketones is 1. The molecular formula is C12H14FNO. The van der Waals surface area contributed by atoms with Crippen LogP contribution >= 0.6 is 0 Å². The molecule has 0 N–H and O–H groups in total. The van der Waals surface area contributed by atoms with Gasteiger partial charge in [0.25, 0.3) is 0 Å². The van der Waals surface area contributed by atoms with Crippen LogP contribution < -0.4 is 0 Å². The van der Waals surface area contributed by atoms with E-state index in [1.54, 1.807) is 0 Å². The Labute approximate surface area is 88.5 Å². The number of hydrogen-bond donors (Lipinski definition) is 0. The van der Waals surface area contributed by atoms with Crippen molar-refractivity contribution in [1.82, 2.24) is 4.98 Å². The monoisotopic (exact) mass is 207 g/mol. The van der Waals surface area contributed by atoms with Gasteiger partial charge in [-0.05, 0) is 24.8 Å². The molecule has 80 valence electrons. The third kappa shape index (κ3) is 2.06. The van der Waals surface area contributed by atoms with Crippen molar-refractivity contribution < 1.29 is 9.18 Å². The molecule has 0 bridgehead atoms. The quantitative estimate of drug-likeness (QED) is 0.698. The first-order valence-corrected chi connectivity index (χ1v) is 5.33. The van der Waals surface area contributed by atoms with E-state index in [-0.39, 0.29) is 11.7 Å². The number of Topliss-reactive ketones (excluding diaryl/α,β-unsaturated/α-hetero) is 1. The summed E-state index contributed by atoms with van der Waals surface area (Å²) in [6.45, 7) is 2.09. The smallest absolute Gasteiger partial charge is 0.167 e. The molecule has 0 amide bonds. The predicted octanol–water partition coefficient (Wildman–Crippen LogP) is 2.84. The maximum Gasteiger partial charge on any atom is 0.167 e. The van der Waals surface area contributed by atoms with Crippen molar-refractivity contribution in [2.75, 3.05) is 0 Å². The molecule has 1 aliphatic carbocycles. The SMILES string of the molecule is CC1CCCC1C(=O)c1cncc(F)c1. The second-order valence-electron chi connectivity index (χ2n) is 4.27. The van der Waals surface area contributed by atoms with Gasteiger partial charge in [-0.1, -0.05) is 13.3 Å². The van der Waals surface area contributed by atoms with Gasteiger partial charge >= 0.3 is 0 Å². The number of pyridine rings is 1. The number of aromatic nitrogens is 1. The van der Waals surface area contributed by atoms with Crippen molar-refractivity contribution in [3.8, 4) is 0 Å². The minimum atomic E-state index is -0.438. The van der Waals surface area contributed by atoms with Crippen LogP contribution in [0.1, 0.15) is 36.5 Å². The second-order valence-corrected chi connectivity index (χ2v) is 4.27. The average Bonchev–Trinajstić information content (AvgIpc) is 2.63. The summed E-state index contributed by atoms with van der Waals surface area (Å²) >= 11 is 0. The third-order valence-corrected chi connectivity index (χ3v) is 3.19. The van der Waals surface area contributed by atoms with E-state index in [2.05, 4.69) is 11.9 Å². The molecule has 3 heteroatoms. The van der Waals surface area contributed by atoms with Gasteiger partial charge in [0.1, 0.15) is 5.82 Å². The summed E-state index contributed by atoms with van der Waals surface area (Å²) in [5.41, 5.74) is 0.411. The van der Waals surface area contributed by atoms with Gasteiger partial charge < -0.3 is 0 Å². The summed E-state index contributed by atoms with van der Waals surface area (Å²) in [4.78, 5) is 15.7. The fourth-order valence-electron chi connectivity index (χ4n) is 2.30. The van der Waals surface area contributed by atoms with Crippen LogP contribution in [0.15, 0.2) is 18.5 Å². The lowest BCUT2D eigenvalue weighted by molar-refractivity contribution is 0.0896. The highest BCUT2D eigenvalue weighted by atomic mass is 19.1. The molecule has 0 saturated heterocycles. The number of rotatable bonds is 2. The van der Waals surface area contributed by atoms with Crippen LogP contribution in [0.25, 0.3) is 0 Å². The zero-order chi connectivity index (χ0) is 10.8. The van der Waals surface area contributed by atoms with Gasteiger partial charge in [0.05, 0.1) is 6.20 Å². The molecule has 1 aliphatic rings. The molecule has 2 nitrogen and oxygen atoms in total. The Balaban J connectivity index is 2.20. The highest BCUT2D eigenvalue weighted by molar-refractivity contribution is 5.97. The maximum absolute atomic E-state index is 12.9. The Morgan fingerprint density at radius 3 is 2.87 bits per heavy atom. The molecule has 2 unspecified atom stereocenters.